The van der Waals surface area contributed by atoms with Gasteiger partial charge in [0.1, 0.15) is 5.16 Å². The Hall–Kier alpha value is -1.56. The number of fused-ring (bicyclic) bond motifs is 2. The molecule has 0 amide bonds. The molecule has 4 nitrogen and oxygen atoms in total. The average molecular weight is 347 g/mol. The highest BCUT2D eigenvalue weighted by molar-refractivity contribution is 8.03. The fourth-order valence-corrected chi connectivity index (χ4v) is 4.40. The third kappa shape index (κ3) is 2.53. The minimum Gasteiger partial charge on any atom is -0.345 e. The van der Waals surface area contributed by atoms with E-state index in [1.165, 1.54) is 10.9 Å². The van der Waals surface area contributed by atoms with Gasteiger partial charge in [0.05, 0.1) is 11.2 Å². The second-order valence-corrected chi connectivity index (χ2v) is 7.40. The number of aromatic nitrogens is 1. The molecule has 0 N–H and O–H groups in total. The van der Waals surface area contributed by atoms with Crippen LogP contribution in [-0.2, 0) is 6.54 Å². The molecule has 0 spiro atoms. The molecule has 1 atom stereocenters. The van der Waals surface area contributed by atoms with Crippen molar-refractivity contribution >= 4 is 40.0 Å². The lowest BCUT2D eigenvalue weighted by atomic mass is 10.2. The van der Waals surface area contributed by atoms with Gasteiger partial charge in [0.25, 0.3) is 0 Å². The second-order valence-electron chi connectivity index (χ2n) is 6.04. The van der Waals surface area contributed by atoms with Crippen LogP contribution in [0.2, 0.25) is 0 Å². The quantitative estimate of drug-likeness (QED) is 0.780. The Balaban J connectivity index is 1.78. The summed E-state index contributed by atoms with van der Waals surface area (Å²) in [6, 6.07) is 8.61. The van der Waals surface area contributed by atoms with Crippen molar-refractivity contribution in [2.75, 3.05) is 25.5 Å². The van der Waals surface area contributed by atoms with Crippen LogP contribution in [0.3, 0.4) is 0 Å². The topological polar surface area (TPSA) is 14.7 Å². The van der Waals surface area contributed by atoms with Crippen molar-refractivity contribution in [2.45, 2.75) is 12.0 Å². The highest BCUT2D eigenvalue weighted by Crippen LogP contribution is 2.43. The molecule has 23 heavy (non-hydrogen) atoms. The second kappa shape index (κ2) is 5.82. The molecule has 0 saturated carbocycles. The molecule has 2 aliphatic heterocycles. The number of likely N-dealkylation sites (N-methyl/N-ethyl adjacent to an activating group) is 1. The fourth-order valence-electron chi connectivity index (χ4n) is 3.07. The smallest absolute Gasteiger partial charge is 0.163 e. The van der Waals surface area contributed by atoms with Crippen LogP contribution in [0.15, 0.2) is 53.4 Å². The van der Waals surface area contributed by atoms with Gasteiger partial charge in [-0.2, -0.15) is 0 Å². The first kappa shape index (κ1) is 15.0. The van der Waals surface area contributed by atoms with E-state index in [9.17, 15) is 0 Å². The molecular formula is C17H19ClN4S. The van der Waals surface area contributed by atoms with Crippen LogP contribution in [0, 0.1) is 0 Å². The Bertz CT molecular complexity index is 795. The summed E-state index contributed by atoms with van der Waals surface area (Å²) >= 11 is 8.32. The van der Waals surface area contributed by atoms with Gasteiger partial charge in [-0.1, -0.05) is 35.5 Å². The lowest BCUT2D eigenvalue weighted by molar-refractivity contribution is 0.387. The zero-order chi connectivity index (χ0) is 16.0. The summed E-state index contributed by atoms with van der Waals surface area (Å²) in [5.74, 6) is 0. The fraction of sp³-hybridized carbons (Fsp3) is 0.294. The molecule has 0 bridgehead atoms. The summed E-state index contributed by atoms with van der Waals surface area (Å²) < 4.78 is 2.32. The van der Waals surface area contributed by atoms with Gasteiger partial charge >= 0.3 is 0 Å². The summed E-state index contributed by atoms with van der Waals surface area (Å²) in [6.45, 7) is 1.97. The molecule has 120 valence electrons. The Morgan fingerprint density at radius 3 is 2.96 bits per heavy atom. The maximum absolute atomic E-state index is 6.54. The number of hydrogen-bond donors (Lipinski definition) is 0. The van der Waals surface area contributed by atoms with E-state index in [2.05, 4.69) is 75.4 Å². The van der Waals surface area contributed by atoms with E-state index in [4.69, 9.17) is 11.6 Å². The predicted octanol–water partition coefficient (Wildman–Crippen LogP) is 3.86. The summed E-state index contributed by atoms with van der Waals surface area (Å²) in [5.41, 5.74) is 2.59. The van der Waals surface area contributed by atoms with Crippen LogP contribution < -0.4 is 4.90 Å². The number of thioether (sulfide) groups is 1. The number of halogens is 1. The molecule has 3 heterocycles. The van der Waals surface area contributed by atoms with Gasteiger partial charge in [-0.15, -0.1) is 0 Å². The highest BCUT2D eigenvalue weighted by Gasteiger charge is 2.35. The normalized spacial score (nSPS) is 20.0. The molecular weight excluding hydrogens is 328 g/mol. The first-order valence-corrected chi connectivity index (χ1v) is 8.96. The van der Waals surface area contributed by atoms with Crippen LogP contribution in [0.25, 0.3) is 10.9 Å². The SMILES string of the molecule is CN(C)CCn1ccc2cccc(N3C(Cl)=CN4C=CSC43)c21. The molecule has 6 heteroatoms. The largest absolute Gasteiger partial charge is 0.345 e. The van der Waals surface area contributed by atoms with E-state index in [-0.39, 0.29) is 5.50 Å². The molecule has 1 aromatic heterocycles. The molecule has 1 unspecified atom stereocenters. The van der Waals surface area contributed by atoms with E-state index in [1.54, 1.807) is 11.8 Å². The molecule has 1 aromatic carbocycles. The molecule has 0 aliphatic carbocycles. The first-order chi connectivity index (χ1) is 11.1. The third-order valence-corrected chi connectivity index (χ3v) is 5.47. The lowest BCUT2D eigenvalue weighted by Crippen LogP contribution is -2.32. The number of benzene rings is 1. The number of para-hydroxylation sites is 1. The number of anilines is 1. The van der Waals surface area contributed by atoms with E-state index < -0.39 is 0 Å². The first-order valence-electron chi connectivity index (χ1n) is 7.64. The minimum absolute atomic E-state index is 0.185. The van der Waals surface area contributed by atoms with Crippen LogP contribution >= 0.6 is 23.4 Å². The maximum Gasteiger partial charge on any atom is 0.163 e. The third-order valence-electron chi connectivity index (χ3n) is 4.21. The highest BCUT2D eigenvalue weighted by atomic mass is 35.5. The maximum atomic E-state index is 6.54. The molecule has 0 radical (unpaired) electrons. The van der Waals surface area contributed by atoms with Crippen molar-refractivity contribution in [3.8, 4) is 0 Å². The van der Waals surface area contributed by atoms with E-state index in [0.717, 1.165) is 23.9 Å². The van der Waals surface area contributed by atoms with E-state index >= 15 is 0 Å². The van der Waals surface area contributed by atoms with Gasteiger partial charge < -0.3 is 14.4 Å². The summed E-state index contributed by atoms with van der Waals surface area (Å²) in [6.07, 6.45) is 6.24. The standard InChI is InChI=1S/C17H19ClN4S/c1-19(2)8-9-20-7-6-13-4-3-5-14(16(13)20)22-15(18)12-21-10-11-23-17(21)22/h3-7,10-12,17H,8-9H2,1-2H3. The van der Waals surface area contributed by atoms with Gasteiger partial charge in [-0.25, -0.2) is 0 Å². The number of rotatable bonds is 4. The van der Waals surface area contributed by atoms with Crippen molar-refractivity contribution < 1.29 is 0 Å². The molecule has 0 fully saturated rings. The summed E-state index contributed by atoms with van der Waals surface area (Å²) in [4.78, 5) is 6.56. The summed E-state index contributed by atoms with van der Waals surface area (Å²) in [7, 11) is 4.21. The Morgan fingerprint density at radius 1 is 1.26 bits per heavy atom. The number of hydrogen-bond acceptors (Lipinski definition) is 4. The molecule has 0 saturated heterocycles. The Labute approximate surface area is 145 Å². The summed E-state index contributed by atoms with van der Waals surface area (Å²) in [5, 5.41) is 4.13. The van der Waals surface area contributed by atoms with Crippen molar-refractivity contribution in [3.05, 3.63) is 53.4 Å². The van der Waals surface area contributed by atoms with Crippen LogP contribution in [0.4, 0.5) is 5.69 Å². The average Bonchev–Trinajstić information content (AvgIpc) is 3.18. The van der Waals surface area contributed by atoms with Crippen LogP contribution in [-0.4, -0.2) is 40.5 Å². The molecule has 2 aromatic rings. The van der Waals surface area contributed by atoms with Crippen molar-refractivity contribution in [3.63, 3.8) is 0 Å². The zero-order valence-electron chi connectivity index (χ0n) is 13.2. The predicted molar refractivity (Wildman–Crippen MR) is 99.3 cm³/mol. The minimum atomic E-state index is 0.185. The van der Waals surface area contributed by atoms with Gasteiger partial charge in [0.15, 0.2) is 5.50 Å². The Kier molecular flexibility index (Phi) is 3.79. The van der Waals surface area contributed by atoms with Gasteiger partial charge in [-0.3, -0.25) is 4.90 Å². The molecule has 2 aliphatic rings. The zero-order valence-corrected chi connectivity index (χ0v) is 14.8. The van der Waals surface area contributed by atoms with E-state index in [1.807, 2.05) is 6.20 Å². The van der Waals surface area contributed by atoms with Gasteiger partial charge in [0, 0.05) is 37.1 Å². The van der Waals surface area contributed by atoms with Crippen LogP contribution in [0.1, 0.15) is 0 Å². The lowest BCUT2D eigenvalue weighted by Gasteiger charge is -2.28. The van der Waals surface area contributed by atoms with Crippen molar-refractivity contribution in [1.29, 1.82) is 0 Å². The van der Waals surface area contributed by atoms with Crippen molar-refractivity contribution in [1.82, 2.24) is 14.4 Å². The Morgan fingerprint density at radius 2 is 2.13 bits per heavy atom. The monoisotopic (exact) mass is 346 g/mol. The number of nitrogens with zero attached hydrogens (tertiary/aromatic N) is 4. The van der Waals surface area contributed by atoms with Crippen LogP contribution in [0.5, 0.6) is 0 Å². The van der Waals surface area contributed by atoms with Gasteiger partial charge in [0.2, 0.25) is 0 Å². The molecule has 4 rings (SSSR count). The van der Waals surface area contributed by atoms with Crippen molar-refractivity contribution in [2.24, 2.45) is 0 Å². The van der Waals surface area contributed by atoms with Gasteiger partial charge in [-0.05, 0) is 31.6 Å². The van der Waals surface area contributed by atoms with E-state index in [0.29, 0.717) is 0 Å².